The van der Waals surface area contributed by atoms with Crippen molar-refractivity contribution in [3.63, 3.8) is 0 Å². The number of para-hydroxylation sites is 1. The summed E-state index contributed by atoms with van der Waals surface area (Å²) in [5.41, 5.74) is 1.52. The summed E-state index contributed by atoms with van der Waals surface area (Å²) in [6.07, 6.45) is 0. The molecule has 0 aliphatic heterocycles. The number of hydrogen-bond donors (Lipinski definition) is 2. The number of anilines is 1. The van der Waals surface area contributed by atoms with Crippen LogP contribution in [0.1, 0.15) is 0 Å². The average molecular weight is 400 g/mol. The molecule has 3 rings (SSSR count). The molecule has 0 atom stereocenters. The molecular weight excluding hydrogens is 384 g/mol. The Bertz CT molecular complexity index is 1160. The number of nitro groups is 1. The minimum Gasteiger partial charge on any atom is -0.293 e. The van der Waals surface area contributed by atoms with E-state index in [9.17, 15) is 23.3 Å². The molecule has 144 valence electrons. The van der Waals surface area contributed by atoms with E-state index in [-0.39, 0.29) is 5.69 Å². The first-order valence-electron chi connectivity index (χ1n) is 8.09. The number of hydrazine groups is 1. The van der Waals surface area contributed by atoms with Gasteiger partial charge >= 0.3 is 0 Å². The Labute approximate surface area is 160 Å². The van der Waals surface area contributed by atoms with Gasteiger partial charge in [-0.15, -0.1) is 0 Å². The van der Waals surface area contributed by atoms with Gasteiger partial charge in [0.05, 0.1) is 10.6 Å². The Morgan fingerprint density at radius 3 is 2.39 bits per heavy atom. The fourth-order valence-corrected chi connectivity index (χ4v) is 4.45. The molecule has 0 fully saturated rings. The summed E-state index contributed by atoms with van der Waals surface area (Å²) in [6, 6.07) is 16.9. The van der Waals surface area contributed by atoms with Crippen molar-refractivity contribution in [3.8, 4) is 0 Å². The van der Waals surface area contributed by atoms with E-state index in [1.54, 1.807) is 36.4 Å². The van der Waals surface area contributed by atoms with Gasteiger partial charge < -0.3 is 0 Å². The number of rotatable bonds is 6. The van der Waals surface area contributed by atoms with Crippen molar-refractivity contribution < 1.29 is 18.1 Å². The number of hydrogen-bond acceptors (Lipinski definition) is 6. The van der Waals surface area contributed by atoms with Gasteiger partial charge in [-0.25, -0.2) is 14.3 Å². The third kappa shape index (κ3) is 3.50. The van der Waals surface area contributed by atoms with E-state index < -0.39 is 38.0 Å². The fraction of sp³-hybridized carbons (Fsp3) is 0.0556. The maximum absolute atomic E-state index is 13.4. The quantitative estimate of drug-likeness (QED) is 0.281. The van der Waals surface area contributed by atoms with Gasteiger partial charge in [0.1, 0.15) is 6.54 Å². The van der Waals surface area contributed by atoms with Gasteiger partial charge in [0.15, 0.2) is 4.90 Å². The lowest BCUT2D eigenvalue weighted by Gasteiger charge is -2.25. The van der Waals surface area contributed by atoms with Crippen LogP contribution in [0, 0.1) is 10.1 Å². The van der Waals surface area contributed by atoms with Crippen molar-refractivity contribution in [1.29, 1.82) is 0 Å². The van der Waals surface area contributed by atoms with Crippen LogP contribution in [0.2, 0.25) is 0 Å². The Hall–Kier alpha value is -3.50. The molecular formula is C18H16N4O5S. The van der Waals surface area contributed by atoms with Crippen molar-refractivity contribution in [3.05, 3.63) is 76.8 Å². The number of carbonyl (C=O) groups is 1. The molecule has 3 aromatic carbocycles. The molecule has 0 bridgehead atoms. The summed E-state index contributed by atoms with van der Waals surface area (Å²) in [5.74, 6) is 4.37. The van der Waals surface area contributed by atoms with Crippen molar-refractivity contribution in [2.75, 3.05) is 10.8 Å². The van der Waals surface area contributed by atoms with Crippen molar-refractivity contribution in [2.45, 2.75) is 4.90 Å². The van der Waals surface area contributed by atoms with E-state index in [0.29, 0.717) is 5.39 Å². The smallest absolute Gasteiger partial charge is 0.289 e. The van der Waals surface area contributed by atoms with Crippen molar-refractivity contribution in [1.82, 2.24) is 5.43 Å². The number of nitrogens with zero attached hydrogens (tertiary/aromatic N) is 2. The van der Waals surface area contributed by atoms with Crippen molar-refractivity contribution >= 4 is 38.1 Å². The van der Waals surface area contributed by atoms with E-state index in [0.717, 1.165) is 21.8 Å². The minimum atomic E-state index is -4.45. The molecule has 0 aromatic heterocycles. The van der Waals surface area contributed by atoms with E-state index in [2.05, 4.69) is 0 Å². The minimum absolute atomic E-state index is 0.208. The van der Waals surface area contributed by atoms with Gasteiger partial charge in [-0.2, -0.15) is 0 Å². The topological polar surface area (TPSA) is 136 Å². The molecule has 0 heterocycles. The maximum Gasteiger partial charge on any atom is 0.289 e. The second-order valence-electron chi connectivity index (χ2n) is 5.80. The normalized spacial score (nSPS) is 11.2. The molecule has 10 heteroatoms. The SMILES string of the molecule is NNC(=O)CN(c1cccc2ccccc12)S(=O)(=O)c1ccccc1[N+](=O)[O-]. The Morgan fingerprint density at radius 2 is 1.68 bits per heavy atom. The molecule has 9 nitrogen and oxygen atoms in total. The maximum atomic E-state index is 13.4. The molecule has 0 saturated carbocycles. The van der Waals surface area contributed by atoms with Crippen molar-refractivity contribution in [2.24, 2.45) is 5.84 Å². The second kappa shape index (κ2) is 7.62. The molecule has 1 amide bonds. The molecule has 3 aromatic rings. The Morgan fingerprint density at radius 1 is 1.04 bits per heavy atom. The summed E-state index contributed by atoms with van der Waals surface area (Å²) in [6.45, 7) is -0.640. The lowest BCUT2D eigenvalue weighted by Crippen LogP contribution is -2.43. The lowest BCUT2D eigenvalue weighted by atomic mass is 10.1. The summed E-state index contributed by atoms with van der Waals surface area (Å²) in [4.78, 5) is 22.0. The molecule has 3 N–H and O–H groups in total. The van der Waals surface area contributed by atoms with E-state index >= 15 is 0 Å². The number of fused-ring (bicyclic) bond motifs is 1. The predicted molar refractivity (Wildman–Crippen MR) is 104 cm³/mol. The zero-order chi connectivity index (χ0) is 20.3. The molecule has 0 saturated heterocycles. The number of benzene rings is 3. The average Bonchev–Trinajstić information content (AvgIpc) is 2.71. The predicted octanol–water partition coefficient (Wildman–Crippen LogP) is 1.93. The van der Waals surface area contributed by atoms with Gasteiger partial charge in [0, 0.05) is 11.5 Å². The largest absolute Gasteiger partial charge is 0.293 e. The summed E-state index contributed by atoms with van der Waals surface area (Å²) in [7, 11) is -4.45. The van der Waals surface area contributed by atoms with Crippen LogP contribution in [-0.2, 0) is 14.8 Å². The number of sulfonamides is 1. The zero-order valence-electron chi connectivity index (χ0n) is 14.5. The Kier molecular flexibility index (Phi) is 5.25. The van der Waals surface area contributed by atoms with Gasteiger partial charge in [-0.3, -0.25) is 24.6 Å². The standard InChI is InChI=1S/C18H16N4O5S/c19-20-18(23)12-21(15-10-5-7-13-6-1-2-8-14(13)15)28(26,27)17-11-4-3-9-16(17)22(24)25/h1-11H,12,19H2,(H,20,23). The van der Waals surface area contributed by atoms with Crippen LogP contribution in [0.4, 0.5) is 11.4 Å². The highest BCUT2D eigenvalue weighted by molar-refractivity contribution is 7.93. The molecule has 0 unspecified atom stereocenters. The van der Waals surface area contributed by atoms with Crippen LogP contribution in [0.3, 0.4) is 0 Å². The Balaban J connectivity index is 2.26. The molecule has 28 heavy (non-hydrogen) atoms. The summed E-state index contributed by atoms with van der Waals surface area (Å²) < 4.78 is 27.5. The van der Waals surface area contributed by atoms with Crippen LogP contribution >= 0.6 is 0 Å². The first-order chi connectivity index (χ1) is 13.4. The molecule has 0 aliphatic rings. The number of nitrogens with two attached hydrogens (primary N) is 1. The first-order valence-corrected chi connectivity index (χ1v) is 9.53. The number of amides is 1. The van der Waals surface area contributed by atoms with Crippen LogP contribution in [0.25, 0.3) is 10.8 Å². The zero-order valence-corrected chi connectivity index (χ0v) is 15.3. The number of carbonyl (C=O) groups excluding carboxylic acids is 1. The third-order valence-electron chi connectivity index (χ3n) is 4.11. The van der Waals surface area contributed by atoms with E-state index in [1.807, 2.05) is 5.43 Å². The molecule has 0 radical (unpaired) electrons. The fourth-order valence-electron chi connectivity index (χ4n) is 2.85. The van der Waals surface area contributed by atoms with Crippen LogP contribution in [-0.4, -0.2) is 25.8 Å². The van der Waals surface area contributed by atoms with Gasteiger partial charge in [-0.1, -0.05) is 48.5 Å². The molecule has 0 aliphatic carbocycles. The van der Waals surface area contributed by atoms with Crippen LogP contribution < -0.4 is 15.6 Å². The van der Waals surface area contributed by atoms with Gasteiger partial charge in [-0.05, 0) is 17.5 Å². The number of nitrogens with one attached hydrogen (secondary N) is 1. The second-order valence-corrected chi connectivity index (χ2v) is 7.63. The monoisotopic (exact) mass is 400 g/mol. The van der Waals surface area contributed by atoms with E-state index in [1.165, 1.54) is 18.2 Å². The van der Waals surface area contributed by atoms with Gasteiger partial charge in [0.2, 0.25) is 0 Å². The van der Waals surface area contributed by atoms with Crippen LogP contribution in [0.5, 0.6) is 0 Å². The summed E-state index contributed by atoms with van der Waals surface area (Å²) in [5, 5.41) is 12.7. The summed E-state index contributed by atoms with van der Waals surface area (Å²) >= 11 is 0. The first kappa shape index (κ1) is 19.3. The van der Waals surface area contributed by atoms with E-state index in [4.69, 9.17) is 5.84 Å². The lowest BCUT2D eigenvalue weighted by molar-refractivity contribution is -0.387. The highest BCUT2D eigenvalue weighted by Gasteiger charge is 2.33. The number of nitro benzene ring substituents is 1. The van der Waals surface area contributed by atoms with Gasteiger partial charge in [0.25, 0.3) is 21.6 Å². The highest BCUT2D eigenvalue weighted by atomic mass is 32.2. The van der Waals surface area contributed by atoms with Crippen LogP contribution in [0.15, 0.2) is 71.6 Å². The third-order valence-corrected chi connectivity index (χ3v) is 5.92. The molecule has 0 spiro atoms. The highest BCUT2D eigenvalue weighted by Crippen LogP contribution is 2.33.